The Balaban J connectivity index is 2.39. The molecule has 1 aromatic heterocycles. The Morgan fingerprint density at radius 2 is 2.15 bits per heavy atom. The van der Waals surface area contributed by atoms with E-state index in [1.165, 1.54) is 5.56 Å². The molecular weight excluding hydrogens is 272 g/mol. The van der Waals surface area contributed by atoms with E-state index in [9.17, 15) is 4.79 Å². The van der Waals surface area contributed by atoms with E-state index < -0.39 is 5.97 Å². The summed E-state index contributed by atoms with van der Waals surface area (Å²) in [5.41, 5.74) is 2.89. The lowest BCUT2D eigenvalue weighted by molar-refractivity contribution is -0.136. The van der Waals surface area contributed by atoms with E-state index in [-0.39, 0.29) is 6.42 Å². The standard InChI is InChI=1S/C15H18N2O2S/c1-10-5-4-6-11(7-10)15-16-12(8-14(18)19)13(20-15)9-17(2)3/h4-7H,8-9H2,1-3H3,(H,18,19). The lowest BCUT2D eigenvalue weighted by Crippen LogP contribution is -2.12. The maximum absolute atomic E-state index is 11.0. The van der Waals surface area contributed by atoms with Crippen molar-refractivity contribution in [3.05, 3.63) is 40.4 Å². The Morgan fingerprint density at radius 3 is 2.75 bits per heavy atom. The van der Waals surface area contributed by atoms with Crippen LogP contribution in [0.15, 0.2) is 24.3 Å². The Hall–Kier alpha value is -1.72. The second-order valence-corrected chi connectivity index (χ2v) is 6.15. The van der Waals surface area contributed by atoms with E-state index in [2.05, 4.69) is 11.1 Å². The zero-order valence-corrected chi connectivity index (χ0v) is 12.7. The monoisotopic (exact) mass is 290 g/mol. The molecule has 0 saturated heterocycles. The Morgan fingerprint density at radius 1 is 1.40 bits per heavy atom. The molecule has 1 aromatic carbocycles. The zero-order chi connectivity index (χ0) is 14.7. The summed E-state index contributed by atoms with van der Waals surface area (Å²) in [6, 6.07) is 8.11. The molecular formula is C15H18N2O2S. The number of carbonyl (C=O) groups is 1. The number of aromatic nitrogens is 1. The number of carboxylic acids is 1. The van der Waals surface area contributed by atoms with Gasteiger partial charge in [-0.05, 0) is 27.1 Å². The topological polar surface area (TPSA) is 53.4 Å². The summed E-state index contributed by atoms with van der Waals surface area (Å²) in [5, 5.41) is 9.89. The highest BCUT2D eigenvalue weighted by Gasteiger charge is 2.15. The molecule has 0 radical (unpaired) electrons. The van der Waals surface area contributed by atoms with E-state index >= 15 is 0 Å². The average Bonchev–Trinajstić information content (AvgIpc) is 2.71. The molecule has 5 heteroatoms. The first kappa shape index (κ1) is 14.7. The van der Waals surface area contributed by atoms with Gasteiger partial charge in [0.15, 0.2) is 0 Å². The van der Waals surface area contributed by atoms with Crippen molar-refractivity contribution in [1.29, 1.82) is 0 Å². The van der Waals surface area contributed by atoms with Gasteiger partial charge in [0, 0.05) is 17.0 Å². The van der Waals surface area contributed by atoms with Crippen molar-refractivity contribution in [1.82, 2.24) is 9.88 Å². The van der Waals surface area contributed by atoms with Gasteiger partial charge in [-0.3, -0.25) is 4.79 Å². The summed E-state index contributed by atoms with van der Waals surface area (Å²) < 4.78 is 0. The van der Waals surface area contributed by atoms with Crippen LogP contribution >= 0.6 is 11.3 Å². The van der Waals surface area contributed by atoms with Crippen molar-refractivity contribution in [2.45, 2.75) is 19.9 Å². The molecule has 20 heavy (non-hydrogen) atoms. The minimum Gasteiger partial charge on any atom is -0.481 e. The number of aliphatic carboxylic acids is 1. The van der Waals surface area contributed by atoms with Crippen molar-refractivity contribution >= 4 is 17.3 Å². The Kier molecular flexibility index (Phi) is 4.52. The van der Waals surface area contributed by atoms with Gasteiger partial charge in [0.1, 0.15) is 5.01 Å². The average molecular weight is 290 g/mol. The molecule has 2 aromatic rings. The molecule has 0 aliphatic rings. The molecule has 0 bridgehead atoms. The van der Waals surface area contributed by atoms with Crippen LogP contribution in [0.2, 0.25) is 0 Å². The summed E-state index contributed by atoms with van der Waals surface area (Å²) in [7, 11) is 3.94. The molecule has 0 spiro atoms. The zero-order valence-electron chi connectivity index (χ0n) is 11.9. The molecule has 1 N–H and O–H groups in total. The Bertz CT molecular complexity index is 620. The lowest BCUT2D eigenvalue weighted by atomic mass is 10.1. The van der Waals surface area contributed by atoms with Gasteiger partial charge in [0.05, 0.1) is 12.1 Å². The van der Waals surface area contributed by atoms with Gasteiger partial charge in [-0.25, -0.2) is 4.98 Å². The molecule has 106 valence electrons. The van der Waals surface area contributed by atoms with Gasteiger partial charge in [-0.2, -0.15) is 0 Å². The van der Waals surface area contributed by atoms with Gasteiger partial charge in [-0.1, -0.05) is 23.8 Å². The van der Waals surface area contributed by atoms with E-state index in [1.54, 1.807) is 11.3 Å². The molecule has 0 aliphatic heterocycles. The highest BCUT2D eigenvalue weighted by molar-refractivity contribution is 7.15. The number of rotatable bonds is 5. The van der Waals surface area contributed by atoms with Crippen LogP contribution in [0.3, 0.4) is 0 Å². The molecule has 2 rings (SSSR count). The normalized spacial score (nSPS) is 11.0. The smallest absolute Gasteiger partial charge is 0.309 e. The first-order chi connectivity index (χ1) is 9.45. The molecule has 1 heterocycles. The van der Waals surface area contributed by atoms with Crippen LogP contribution < -0.4 is 0 Å². The van der Waals surface area contributed by atoms with Crippen LogP contribution in [0.1, 0.15) is 16.1 Å². The third-order valence-electron chi connectivity index (χ3n) is 2.82. The van der Waals surface area contributed by atoms with Gasteiger partial charge in [-0.15, -0.1) is 11.3 Å². The predicted molar refractivity (Wildman–Crippen MR) is 81.0 cm³/mol. The molecule has 4 nitrogen and oxygen atoms in total. The first-order valence-corrected chi connectivity index (χ1v) is 7.19. The van der Waals surface area contributed by atoms with Crippen LogP contribution in [0.25, 0.3) is 10.6 Å². The van der Waals surface area contributed by atoms with Crippen molar-refractivity contribution in [3.8, 4) is 10.6 Å². The van der Waals surface area contributed by atoms with Gasteiger partial charge in [0.25, 0.3) is 0 Å². The molecule has 0 aliphatic carbocycles. The minimum absolute atomic E-state index is 0.0223. The quantitative estimate of drug-likeness (QED) is 0.920. The second kappa shape index (κ2) is 6.15. The number of hydrogen-bond acceptors (Lipinski definition) is 4. The third-order valence-corrected chi connectivity index (χ3v) is 3.95. The highest BCUT2D eigenvalue weighted by Crippen LogP contribution is 2.29. The number of thiazole rings is 1. The summed E-state index contributed by atoms with van der Waals surface area (Å²) in [5.74, 6) is -0.842. The number of carboxylic acid groups (broad SMARTS) is 1. The minimum atomic E-state index is -0.842. The molecule has 0 atom stereocenters. The molecule has 0 amide bonds. The second-order valence-electron chi connectivity index (χ2n) is 5.07. The van der Waals surface area contributed by atoms with Crippen LogP contribution in [0.5, 0.6) is 0 Å². The van der Waals surface area contributed by atoms with Crippen molar-refractivity contribution in [2.24, 2.45) is 0 Å². The fourth-order valence-electron chi connectivity index (χ4n) is 1.98. The maximum Gasteiger partial charge on any atom is 0.309 e. The largest absolute Gasteiger partial charge is 0.481 e. The van der Waals surface area contributed by atoms with E-state index in [0.717, 1.165) is 15.4 Å². The van der Waals surface area contributed by atoms with Crippen molar-refractivity contribution in [2.75, 3.05) is 14.1 Å². The van der Waals surface area contributed by atoms with Gasteiger partial charge >= 0.3 is 5.97 Å². The van der Waals surface area contributed by atoms with E-state index in [0.29, 0.717) is 12.2 Å². The number of hydrogen-bond donors (Lipinski definition) is 1. The summed E-state index contributed by atoms with van der Waals surface area (Å²) in [6.45, 7) is 2.75. The highest BCUT2D eigenvalue weighted by atomic mass is 32.1. The first-order valence-electron chi connectivity index (χ1n) is 6.38. The van der Waals surface area contributed by atoms with Crippen LogP contribution in [-0.2, 0) is 17.8 Å². The summed E-state index contributed by atoms with van der Waals surface area (Å²) in [4.78, 5) is 18.5. The fraction of sp³-hybridized carbons (Fsp3) is 0.333. The van der Waals surface area contributed by atoms with Gasteiger partial charge < -0.3 is 10.0 Å². The van der Waals surface area contributed by atoms with Gasteiger partial charge in [0.2, 0.25) is 0 Å². The van der Waals surface area contributed by atoms with E-state index in [1.807, 2.05) is 44.1 Å². The summed E-state index contributed by atoms with van der Waals surface area (Å²) >= 11 is 1.58. The summed E-state index contributed by atoms with van der Waals surface area (Å²) in [6.07, 6.45) is -0.0223. The van der Waals surface area contributed by atoms with Crippen molar-refractivity contribution in [3.63, 3.8) is 0 Å². The number of nitrogens with zero attached hydrogens (tertiary/aromatic N) is 2. The lowest BCUT2D eigenvalue weighted by Gasteiger charge is -2.07. The number of benzene rings is 1. The SMILES string of the molecule is Cc1cccc(-c2nc(CC(=O)O)c(CN(C)C)s2)c1. The Labute approximate surface area is 122 Å². The third kappa shape index (κ3) is 3.65. The van der Waals surface area contributed by atoms with Crippen LogP contribution in [0.4, 0.5) is 0 Å². The van der Waals surface area contributed by atoms with Crippen LogP contribution in [0, 0.1) is 6.92 Å². The van der Waals surface area contributed by atoms with E-state index in [4.69, 9.17) is 5.11 Å². The van der Waals surface area contributed by atoms with Crippen LogP contribution in [-0.4, -0.2) is 35.1 Å². The van der Waals surface area contributed by atoms with Crippen molar-refractivity contribution < 1.29 is 9.90 Å². The molecule has 0 fully saturated rings. The molecule has 0 saturated carbocycles. The maximum atomic E-state index is 11.0. The predicted octanol–water partition coefficient (Wildman–Crippen LogP) is 2.81. The fourth-order valence-corrected chi connectivity index (χ4v) is 3.17. The number of aryl methyl sites for hydroxylation is 1. The molecule has 0 unspecified atom stereocenters.